The second kappa shape index (κ2) is 5.27. The van der Waals surface area contributed by atoms with Crippen LogP contribution in [0.1, 0.15) is 11.5 Å². The number of nitrogens with zero attached hydrogens (tertiary/aromatic N) is 5. The van der Waals surface area contributed by atoms with Gasteiger partial charge in [0, 0.05) is 18.6 Å². The average molecular weight is 284 g/mol. The Labute approximate surface area is 119 Å². The number of benzene rings is 1. The molecule has 0 amide bonds. The topological polar surface area (TPSA) is 79.4 Å². The van der Waals surface area contributed by atoms with Crippen LogP contribution in [0.2, 0.25) is 0 Å². The second-order valence-corrected chi connectivity index (χ2v) is 4.99. The molecule has 3 rings (SSSR count). The lowest BCUT2D eigenvalue weighted by molar-refractivity contribution is 0.747. The SMILES string of the molecule is CNc1snnc1Cn1c(CC#N)nc2ccccc21. The summed E-state index contributed by atoms with van der Waals surface area (Å²) in [7, 11) is 1.85. The van der Waals surface area contributed by atoms with Crippen LogP contribution in [0.4, 0.5) is 5.00 Å². The Bertz CT molecular complexity index is 782. The van der Waals surface area contributed by atoms with Gasteiger partial charge in [-0.15, -0.1) is 5.10 Å². The fraction of sp³-hybridized carbons (Fsp3) is 0.231. The van der Waals surface area contributed by atoms with Crippen LogP contribution >= 0.6 is 11.5 Å². The van der Waals surface area contributed by atoms with Crippen molar-refractivity contribution in [2.75, 3.05) is 12.4 Å². The first-order valence-corrected chi connectivity index (χ1v) is 6.91. The minimum atomic E-state index is 0.279. The third-order valence-corrected chi connectivity index (χ3v) is 3.85. The van der Waals surface area contributed by atoms with Crippen LogP contribution in [0, 0.1) is 11.3 Å². The second-order valence-electron chi connectivity index (χ2n) is 4.24. The zero-order chi connectivity index (χ0) is 13.9. The van der Waals surface area contributed by atoms with E-state index in [0.29, 0.717) is 6.54 Å². The maximum Gasteiger partial charge on any atom is 0.134 e. The standard InChI is InChI=1S/C13H12N6S/c1-15-13-10(17-18-20-13)8-19-11-5-3-2-4-9(11)16-12(19)6-7-14/h2-5,15H,6,8H2,1H3. The van der Waals surface area contributed by atoms with Crippen LogP contribution in [-0.4, -0.2) is 26.2 Å². The minimum Gasteiger partial charge on any atom is -0.377 e. The first-order valence-electron chi connectivity index (χ1n) is 6.13. The molecule has 7 heteroatoms. The van der Waals surface area contributed by atoms with E-state index in [0.717, 1.165) is 27.6 Å². The fourth-order valence-electron chi connectivity index (χ4n) is 2.16. The van der Waals surface area contributed by atoms with E-state index in [4.69, 9.17) is 5.26 Å². The number of hydrogen-bond acceptors (Lipinski definition) is 6. The van der Waals surface area contributed by atoms with Crippen molar-refractivity contribution in [2.45, 2.75) is 13.0 Å². The Balaban J connectivity index is 2.09. The Morgan fingerprint density at radius 1 is 1.40 bits per heavy atom. The first-order chi connectivity index (χ1) is 9.83. The molecular weight excluding hydrogens is 272 g/mol. The van der Waals surface area contributed by atoms with Crippen LogP contribution in [0.15, 0.2) is 24.3 Å². The van der Waals surface area contributed by atoms with Crippen molar-refractivity contribution < 1.29 is 0 Å². The molecule has 0 saturated heterocycles. The van der Waals surface area contributed by atoms with Crippen LogP contribution < -0.4 is 5.32 Å². The molecule has 0 bridgehead atoms. The van der Waals surface area contributed by atoms with Crippen LogP contribution in [0.3, 0.4) is 0 Å². The maximum absolute atomic E-state index is 8.95. The zero-order valence-corrected chi connectivity index (χ0v) is 11.7. The number of nitrogens with one attached hydrogen (secondary N) is 1. The molecule has 1 N–H and O–H groups in total. The number of fused-ring (bicyclic) bond motifs is 1. The predicted molar refractivity (Wildman–Crippen MR) is 77.6 cm³/mol. The predicted octanol–water partition coefficient (Wildman–Crippen LogP) is 2.04. The molecule has 0 aliphatic rings. The zero-order valence-electron chi connectivity index (χ0n) is 10.9. The van der Waals surface area contributed by atoms with E-state index in [9.17, 15) is 0 Å². The van der Waals surface area contributed by atoms with Gasteiger partial charge in [0.25, 0.3) is 0 Å². The van der Waals surface area contributed by atoms with Crippen molar-refractivity contribution in [1.29, 1.82) is 5.26 Å². The molecule has 0 radical (unpaired) electrons. The summed E-state index contributed by atoms with van der Waals surface area (Å²) in [6.45, 7) is 0.560. The van der Waals surface area contributed by atoms with E-state index in [1.165, 1.54) is 11.5 Å². The van der Waals surface area contributed by atoms with Crippen molar-refractivity contribution in [3.8, 4) is 6.07 Å². The summed E-state index contributed by atoms with van der Waals surface area (Å²) in [6, 6.07) is 10.0. The molecule has 0 spiro atoms. The van der Waals surface area contributed by atoms with Crippen molar-refractivity contribution in [3.05, 3.63) is 35.8 Å². The maximum atomic E-state index is 8.95. The highest BCUT2D eigenvalue weighted by molar-refractivity contribution is 7.10. The van der Waals surface area contributed by atoms with Gasteiger partial charge in [0.15, 0.2) is 0 Å². The van der Waals surface area contributed by atoms with Gasteiger partial charge in [-0.1, -0.05) is 16.6 Å². The molecule has 100 valence electrons. The highest BCUT2D eigenvalue weighted by atomic mass is 32.1. The Morgan fingerprint density at radius 3 is 3.05 bits per heavy atom. The van der Waals surface area contributed by atoms with Crippen LogP contribution in [0.25, 0.3) is 11.0 Å². The van der Waals surface area contributed by atoms with Crippen molar-refractivity contribution >= 4 is 27.6 Å². The minimum absolute atomic E-state index is 0.279. The molecule has 1 aromatic carbocycles. The molecule has 0 saturated carbocycles. The van der Waals surface area contributed by atoms with Crippen molar-refractivity contribution in [1.82, 2.24) is 19.1 Å². The smallest absolute Gasteiger partial charge is 0.134 e. The number of aromatic nitrogens is 4. The van der Waals surface area contributed by atoms with Gasteiger partial charge < -0.3 is 9.88 Å². The number of nitriles is 1. The normalized spacial score (nSPS) is 10.6. The monoisotopic (exact) mass is 284 g/mol. The molecule has 20 heavy (non-hydrogen) atoms. The third kappa shape index (κ3) is 2.10. The van der Waals surface area contributed by atoms with Crippen molar-refractivity contribution in [3.63, 3.8) is 0 Å². The summed E-state index contributed by atoms with van der Waals surface area (Å²) in [4.78, 5) is 4.51. The average Bonchev–Trinajstić information content (AvgIpc) is 3.05. The highest BCUT2D eigenvalue weighted by Gasteiger charge is 2.14. The summed E-state index contributed by atoms with van der Waals surface area (Å²) >= 11 is 1.33. The van der Waals surface area contributed by atoms with E-state index < -0.39 is 0 Å². The highest BCUT2D eigenvalue weighted by Crippen LogP contribution is 2.22. The summed E-state index contributed by atoms with van der Waals surface area (Å²) < 4.78 is 5.98. The molecular formula is C13H12N6S. The molecule has 0 aliphatic heterocycles. The summed E-state index contributed by atoms with van der Waals surface area (Å²) in [5.41, 5.74) is 2.76. The molecule has 6 nitrogen and oxygen atoms in total. The molecule has 2 aromatic heterocycles. The number of rotatable bonds is 4. The van der Waals surface area contributed by atoms with E-state index in [1.54, 1.807) is 0 Å². The van der Waals surface area contributed by atoms with Crippen molar-refractivity contribution in [2.24, 2.45) is 0 Å². The lowest BCUT2D eigenvalue weighted by Crippen LogP contribution is -2.06. The molecule has 2 heterocycles. The van der Waals surface area contributed by atoms with Gasteiger partial charge in [-0.3, -0.25) is 0 Å². The lowest BCUT2D eigenvalue weighted by Gasteiger charge is -2.06. The third-order valence-electron chi connectivity index (χ3n) is 3.06. The number of anilines is 1. The van der Waals surface area contributed by atoms with E-state index in [1.807, 2.05) is 35.9 Å². The molecule has 0 unspecified atom stereocenters. The van der Waals surface area contributed by atoms with E-state index >= 15 is 0 Å². The fourth-order valence-corrected chi connectivity index (χ4v) is 2.68. The van der Waals surface area contributed by atoms with Gasteiger partial charge in [0.2, 0.25) is 0 Å². The number of hydrogen-bond donors (Lipinski definition) is 1. The van der Waals surface area contributed by atoms with Gasteiger partial charge in [0.05, 0.1) is 30.1 Å². The quantitative estimate of drug-likeness (QED) is 0.793. The Hall–Kier alpha value is -2.46. The van der Waals surface area contributed by atoms with Gasteiger partial charge >= 0.3 is 0 Å². The van der Waals surface area contributed by atoms with Crippen LogP contribution in [0.5, 0.6) is 0 Å². The molecule has 0 atom stereocenters. The molecule has 3 aromatic rings. The lowest BCUT2D eigenvalue weighted by atomic mass is 10.3. The number of para-hydroxylation sites is 2. The molecule has 0 aliphatic carbocycles. The van der Waals surface area contributed by atoms with Gasteiger partial charge in [-0.05, 0) is 12.1 Å². The van der Waals surface area contributed by atoms with Gasteiger partial charge in [-0.2, -0.15) is 5.26 Å². The summed E-state index contributed by atoms with van der Waals surface area (Å²) in [5, 5.41) is 17.1. The van der Waals surface area contributed by atoms with E-state index in [2.05, 4.69) is 26.0 Å². The van der Waals surface area contributed by atoms with E-state index in [-0.39, 0.29) is 6.42 Å². The largest absolute Gasteiger partial charge is 0.377 e. The Kier molecular flexibility index (Phi) is 3.31. The van der Waals surface area contributed by atoms with Gasteiger partial charge in [-0.25, -0.2) is 4.98 Å². The molecule has 0 fully saturated rings. The summed E-state index contributed by atoms with van der Waals surface area (Å²) in [5.74, 6) is 0.753. The Morgan fingerprint density at radius 2 is 2.25 bits per heavy atom. The van der Waals surface area contributed by atoms with Crippen LogP contribution in [-0.2, 0) is 13.0 Å². The van der Waals surface area contributed by atoms with Gasteiger partial charge in [0.1, 0.15) is 16.5 Å². The first kappa shape index (κ1) is 12.6. The number of imidazole rings is 1. The summed E-state index contributed by atoms with van der Waals surface area (Å²) in [6.07, 6.45) is 0.279.